The maximum Gasteiger partial charge on any atom is 0.270 e. The average molecular weight is 419 g/mol. The normalized spacial score (nSPS) is 19.6. The quantitative estimate of drug-likeness (QED) is 0.567. The van der Waals surface area contributed by atoms with Crippen molar-refractivity contribution >= 4 is 21.8 Å². The molecule has 26 heavy (non-hydrogen) atoms. The van der Waals surface area contributed by atoms with Gasteiger partial charge in [-0.05, 0) is 46.8 Å². The smallest absolute Gasteiger partial charge is 0.270 e. The first-order valence-electron chi connectivity index (χ1n) is 9.29. The minimum atomic E-state index is 0.0445. The third-order valence-corrected chi connectivity index (χ3v) is 5.41. The number of amides is 1. The molecule has 2 aromatic rings. The SMILES string of the molecule is CN(CCCCCC1CC(c2ccccc2)NN1)C(=O)c1cc(Br)c[nH]1. The number of aromatic amines is 1. The second-order valence-corrected chi connectivity index (χ2v) is 7.91. The summed E-state index contributed by atoms with van der Waals surface area (Å²) in [6, 6.07) is 13.3. The lowest BCUT2D eigenvalue weighted by atomic mass is 9.99. The lowest BCUT2D eigenvalue weighted by molar-refractivity contribution is 0.0787. The first kappa shape index (κ1) is 19.1. The van der Waals surface area contributed by atoms with Crippen molar-refractivity contribution in [3.63, 3.8) is 0 Å². The van der Waals surface area contributed by atoms with E-state index < -0.39 is 0 Å². The zero-order chi connectivity index (χ0) is 18.4. The Morgan fingerprint density at radius 3 is 2.73 bits per heavy atom. The lowest BCUT2D eigenvalue weighted by Gasteiger charge is -2.16. The molecule has 140 valence electrons. The molecule has 0 aliphatic carbocycles. The van der Waals surface area contributed by atoms with E-state index in [1.807, 2.05) is 13.1 Å². The van der Waals surface area contributed by atoms with E-state index in [0.717, 1.165) is 36.7 Å². The van der Waals surface area contributed by atoms with Crippen LogP contribution >= 0.6 is 15.9 Å². The number of hydrogen-bond acceptors (Lipinski definition) is 3. The molecular formula is C20H27BrN4O. The number of unbranched alkanes of at least 4 members (excludes halogenated alkanes) is 2. The number of halogens is 1. The number of hydrogen-bond donors (Lipinski definition) is 3. The van der Waals surface area contributed by atoms with Crippen LogP contribution in [0.1, 0.15) is 54.2 Å². The Morgan fingerprint density at radius 1 is 1.19 bits per heavy atom. The van der Waals surface area contributed by atoms with Gasteiger partial charge in [0.1, 0.15) is 5.69 Å². The van der Waals surface area contributed by atoms with Crippen molar-refractivity contribution < 1.29 is 4.79 Å². The van der Waals surface area contributed by atoms with E-state index in [2.05, 4.69) is 62.1 Å². The second kappa shape index (κ2) is 9.35. The summed E-state index contributed by atoms with van der Waals surface area (Å²) in [6.07, 6.45) is 7.43. The van der Waals surface area contributed by atoms with Crippen molar-refractivity contribution in [3.8, 4) is 0 Å². The van der Waals surface area contributed by atoms with E-state index in [4.69, 9.17) is 0 Å². The van der Waals surface area contributed by atoms with Crippen LogP contribution in [0.25, 0.3) is 0 Å². The fourth-order valence-electron chi connectivity index (χ4n) is 3.43. The Balaban J connectivity index is 1.30. The zero-order valence-corrected chi connectivity index (χ0v) is 16.8. The molecule has 6 heteroatoms. The van der Waals surface area contributed by atoms with Gasteiger partial charge in [0.05, 0.1) is 0 Å². The third kappa shape index (κ3) is 5.19. The van der Waals surface area contributed by atoms with Crippen LogP contribution in [-0.2, 0) is 0 Å². The Bertz CT molecular complexity index is 703. The predicted molar refractivity (Wildman–Crippen MR) is 108 cm³/mol. The number of carbonyl (C=O) groups is 1. The largest absolute Gasteiger partial charge is 0.356 e. The predicted octanol–water partition coefficient (Wildman–Crippen LogP) is 4.02. The van der Waals surface area contributed by atoms with E-state index in [1.165, 1.54) is 12.0 Å². The molecule has 3 rings (SSSR count). The maximum absolute atomic E-state index is 12.3. The molecule has 2 unspecified atom stereocenters. The Kier molecular flexibility index (Phi) is 6.88. The number of nitrogens with one attached hydrogen (secondary N) is 3. The van der Waals surface area contributed by atoms with Gasteiger partial charge in [0.2, 0.25) is 0 Å². The van der Waals surface area contributed by atoms with Crippen molar-refractivity contribution in [1.29, 1.82) is 0 Å². The van der Waals surface area contributed by atoms with Gasteiger partial charge in [0.25, 0.3) is 5.91 Å². The molecule has 1 aromatic heterocycles. The summed E-state index contributed by atoms with van der Waals surface area (Å²) in [5, 5.41) is 0. The molecule has 1 aliphatic heterocycles. The number of nitrogens with zero attached hydrogens (tertiary/aromatic N) is 1. The summed E-state index contributed by atoms with van der Waals surface area (Å²) in [6.45, 7) is 0.790. The molecule has 1 aromatic carbocycles. The van der Waals surface area contributed by atoms with Gasteiger partial charge in [-0.3, -0.25) is 15.6 Å². The lowest BCUT2D eigenvalue weighted by Crippen LogP contribution is -2.30. The summed E-state index contributed by atoms with van der Waals surface area (Å²) < 4.78 is 0.903. The highest BCUT2D eigenvalue weighted by molar-refractivity contribution is 9.10. The number of H-pyrrole nitrogens is 1. The highest BCUT2D eigenvalue weighted by Crippen LogP contribution is 2.24. The molecule has 2 heterocycles. The van der Waals surface area contributed by atoms with Gasteiger partial charge in [0.15, 0.2) is 0 Å². The fourth-order valence-corrected chi connectivity index (χ4v) is 3.77. The van der Waals surface area contributed by atoms with Crippen molar-refractivity contribution in [2.45, 2.75) is 44.2 Å². The Hall–Kier alpha value is -1.63. The van der Waals surface area contributed by atoms with Crippen molar-refractivity contribution in [2.24, 2.45) is 0 Å². The molecular weight excluding hydrogens is 392 g/mol. The molecule has 1 amide bonds. The Labute approximate surface area is 163 Å². The number of hydrazine groups is 1. The minimum Gasteiger partial charge on any atom is -0.356 e. The molecule has 1 fully saturated rings. The van der Waals surface area contributed by atoms with E-state index >= 15 is 0 Å². The maximum atomic E-state index is 12.3. The van der Waals surface area contributed by atoms with Crippen LogP contribution < -0.4 is 10.9 Å². The molecule has 1 saturated heterocycles. The van der Waals surface area contributed by atoms with Crippen LogP contribution in [0.2, 0.25) is 0 Å². The van der Waals surface area contributed by atoms with Crippen LogP contribution in [0, 0.1) is 0 Å². The fraction of sp³-hybridized carbons (Fsp3) is 0.450. The molecule has 0 radical (unpaired) electrons. The van der Waals surface area contributed by atoms with Crippen LogP contribution in [0.5, 0.6) is 0 Å². The molecule has 1 aliphatic rings. The van der Waals surface area contributed by atoms with Crippen LogP contribution in [-0.4, -0.2) is 35.4 Å². The summed E-state index contributed by atoms with van der Waals surface area (Å²) in [5.74, 6) is 0.0445. The van der Waals surface area contributed by atoms with Gasteiger partial charge < -0.3 is 9.88 Å². The topological polar surface area (TPSA) is 60.2 Å². The van der Waals surface area contributed by atoms with E-state index in [9.17, 15) is 4.79 Å². The third-order valence-electron chi connectivity index (χ3n) is 4.95. The van der Waals surface area contributed by atoms with E-state index in [0.29, 0.717) is 17.8 Å². The molecule has 2 atom stereocenters. The second-order valence-electron chi connectivity index (χ2n) is 6.99. The standard InChI is InChI=1S/C20H27BrN4O/c1-25(20(26)19-12-16(21)14-22-19)11-7-3-6-10-17-13-18(24-23-17)15-8-4-2-5-9-15/h2,4-5,8-9,12,14,17-18,22-24H,3,6-7,10-11,13H2,1H3. The number of rotatable bonds is 8. The summed E-state index contributed by atoms with van der Waals surface area (Å²) in [7, 11) is 1.87. The zero-order valence-electron chi connectivity index (χ0n) is 15.2. The average Bonchev–Trinajstić information content (AvgIpc) is 3.30. The van der Waals surface area contributed by atoms with E-state index in [-0.39, 0.29) is 5.91 Å². The molecule has 0 saturated carbocycles. The molecule has 0 bridgehead atoms. The number of benzene rings is 1. The van der Waals surface area contributed by atoms with Gasteiger partial charge in [-0.2, -0.15) is 0 Å². The van der Waals surface area contributed by atoms with Crippen LogP contribution in [0.15, 0.2) is 47.1 Å². The first-order valence-corrected chi connectivity index (χ1v) is 10.1. The number of carbonyl (C=O) groups excluding carboxylic acids is 1. The first-order chi connectivity index (χ1) is 12.6. The van der Waals surface area contributed by atoms with Gasteiger partial charge >= 0.3 is 0 Å². The summed E-state index contributed by atoms with van der Waals surface area (Å²) >= 11 is 3.36. The van der Waals surface area contributed by atoms with Gasteiger partial charge in [-0.25, -0.2) is 0 Å². The number of aromatic nitrogens is 1. The summed E-state index contributed by atoms with van der Waals surface area (Å²) in [4.78, 5) is 17.0. The van der Waals surface area contributed by atoms with Crippen molar-refractivity contribution in [2.75, 3.05) is 13.6 Å². The van der Waals surface area contributed by atoms with Crippen LogP contribution in [0.3, 0.4) is 0 Å². The molecule has 5 nitrogen and oxygen atoms in total. The molecule has 0 spiro atoms. The van der Waals surface area contributed by atoms with Crippen molar-refractivity contribution in [3.05, 3.63) is 58.3 Å². The van der Waals surface area contributed by atoms with E-state index in [1.54, 1.807) is 11.1 Å². The highest BCUT2D eigenvalue weighted by atomic mass is 79.9. The minimum absolute atomic E-state index is 0.0445. The van der Waals surface area contributed by atoms with Crippen LogP contribution in [0.4, 0.5) is 0 Å². The van der Waals surface area contributed by atoms with Crippen molar-refractivity contribution in [1.82, 2.24) is 20.7 Å². The summed E-state index contributed by atoms with van der Waals surface area (Å²) in [5.41, 5.74) is 8.81. The van der Waals surface area contributed by atoms with Gasteiger partial charge in [-0.1, -0.05) is 43.2 Å². The highest BCUT2D eigenvalue weighted by Gasteiger charge is 2.24. The Morgan fingerprint density at radius 2 is 2.00 bits per heavy atom. The molecule has 3 N–H and O–H groups in total. The van der Waals surface area contributed by atoms with Gasteiger partial charge in [0, 0.05) is 36.3 Å². The van der Waals surface area contributed by atoms with Gasteiger partial charge in [-0.15, -0.1) is 0 Å². The monoisotopic (exact) mass is 418 g/mol.